The van der Waals surface area contributed by atoms with Crippen molar-refractivity contribution in [3.05, 3.63) is 58.6 Å². The van der Waals surface area contributed by atoms with Gasteiger partial charge in [0.15, 0.2) is 0 Å². The highest BCUT2D eigenvalue weighted by atomic mass is 16.5. The molecule has 2 aromatic heterocycles. The zero-order valence-corrected chi connectivity index (χ0v) is 17.5. The van der Waals surface area contributed by atoms with E-state index in [1.54, 1.807) is 27.5 Å². The molecule has 3 heterocycles. The molecule has 30 heavy (non-hydrogen) atoms. The van der Waals surface area contributed by atoms with Crippen molar-refractivity contribution in [1.82, 2.24) is 19.5 Å². The maximum Gasteiger partial charge on any atom is 0.276 e. The van der Waals surface area contributed by atoms with Crippen LogP contribution in [0.1, 0.15) is 44.6 Å². The Balaban J connectivity index is 1.44. The standard InChI is InChI=1S/C23H28N4O3/c1-16(2)17-5-7-18(8-6-17)20-14-21-23(29)26(11-12-27(21)25-20)10-9-22(28)24-15-19-4-3-13-30-19/h5-8,11-12,14,16,19H,3-4,9-10,13,15H2,1-2H3,(H,24,28)/t19-/m0/s1. The average Bonchev–Trinajstić information content (AvgIpc) is 3.42. The lowest BCUT2D eigenvalue weighted by Crippen LogP contribution is -2.33. The summed E-state index contributed by atoms with van der Waals surface area (Å²) >= 11 is 0. The summed E-state index contributed by atoms with van der Waals surface area (Å²) in [5.41, 5.74) is 3.35. The van der Waals surface area contributed by atoms with Crippen molar-refractivity contribution in [2.24, 2.45) is 0 Å². The third-order valence-electron chi connectivity index (χ3n) is 5.61. The molecule has 7 nitrogen and oxygen atoms in total. The topological polar surface area (TPSA) is 77.6 Å². The van der Waals surface area contributed by atoms with Gasteiger partial charge in [0.1, 0.15) is 5.52 Å². The number of hydrogen-bond acceptors (Lipinski definition) is 4. The predicted molar refractivity (Wildman–Crippen MR) is 116 cm³/mol. The molecule has 1 N–H and O–H groups in total. The Bertz CT molecular complexity index is 1080. The zero-order chi connectivity index (χ0) is 21.1. The van der Waals surface area contributed by atoms with E-state index in [0.29, 0.717) is 24.5 Å². The molecular formula is C23H28N4O3. The summed E-state index contributed by atoms with van der Waals surface area (Å²) in [4.78, 5) is 25.0. The van der Waals surface area contributed by atoms with Crippen LogP contribution in [0.3, 0.4) is 0 Å². The molecule has 7 heteroatoms. The maximum absolute atomic E-state index is 12.8. The normalized spacial score (nSPS) is 16.4. The van der Waals surface area contributed by atoms with Crippen LogP contribution >= 0.6 is 0 Å². The lowest BCUT2D eigenvalue weighted by atomic mass is 10.0. The van der Waals surface area contributed by atoms with Crippen molar-refractivity contribution >= 4 is 11.4 Å². The third kappa shape index (κ3) is 4.46. The molecule has 1 aliphatic heterocycles. The summed E-state index contributed by atoms with van der Waals surface area (Å²) in [7, 11) is 0. The van der Waals surface area contributed by atoms with Crippen molar-refractivity contribution in [3.63, 3.8) is 0 Å². The number of fused-ring (bicyclic) bond motifs is 1. The molecule has 1 aromatic carbocycles. The number of carbonyl (C=O) groups excluding carboxylic acids is 1. The van der Waals surface area contributed by atoms with E-state index in [9.17, 15) is 9.59 Å². The van der Waals surface area contributed by atoms with Gasteiger partial charge in [-0.05, 0) is 30.4 Å². The molecule has 0 unspecified atom stereocenters. The number of hydrogen-bond donors (Lipinski definition) is 1. The summed E-state index contributed by atoms with van der Waals surface area (Å²) in [5, 5.41) is 7.43. The van der Waals surface area contributed by atoms with Crippen LogP contribution in [0.15, 0.2) is 47.5 Å². The molecule has 0 spiro atoms. The second-order valence-corrected chi connectivity index (χ2v) is 8.12. The van der Waals surface area contributed by atoms with Gasteiger partial charge in [-0.1, -0.05) is 38.1 Å². The average molecular weight is 409 g/mol. The van der Waals surface area contributed by atoms with Crippen LogP contribution in [-0.2, 0) is 16.1 Å². The summed E-state index contributed by atoms with van der Waals surface area (Å²) in [6, 6.07) is 10.1. The van der Waals surface area contributed by atoms with Gasteiger partial charge in [0.2, 0.25) is 5.91 Å². The van der Waals surface area contributed by atoms with Crippen LogP contribution in [0.25, 0.3) is 16.8 Å². The summed E-state index contributed by atoms with van der Waals surface area (Å²) in [6.07, 6.45) is 5.84. The van der Waals surface area contributed by atoms with Gasteiger partial charge >= 0.3 is 0 Å². The fraction of sp³-hybridized carbons (Fsp3) is 0.435. The first-order valence-electron chi connectivity index (χ1n) is 10.6. The highest BCUT2D eigenvalue weighted by Crippen LogP contribution is 2.22. The van der Waals surface area contributed by atoms with Crippen LogP contribution in [0, 0.1) is 0 Å². The first kappa shape index (κ1) is 20.3. The highest BCUT2D eigenvalue weighted by molar-refractivity contribution is 5.75. The Kier molecular flexibility index (Phi) is 5.99. The molecule has 158 valence electrons. The molecule has 0 aliphatic carbocycles. The van der Waals surface area contributed by atoms with E-state index < -0.39 is 0 Å². The number of nitrogens with one attached hydrogen (secondary N) is 1. The van der Waals surface area contributed by atoms with Crippen molar-refractivity contribution in [2.75, 3.05) is 13.2 Å². The molecule has 1 saturated heterocycles. The molecule has 1 aliphatic rings. The van der Waals surface area contributed by atoms with Crippen LogP contribution < -0.4 is 10.9 Å². The second kappa shape index (κ2) is 8.83. The minimum Gasteiger partial charge on any atom is -0.376 e. The van der Waals surface area contributed by atoms with Gasteiger partial charge in [-0.15, -0.1) is 0 Å². The number of rotatable bonds is 7. The molecule has 3 aromatic rings. The Hall–Kier alpha value is -2.93. The van der Waals surface area contributed by atoms with E-state index in [2.05, 4.69) is 36.4 Å². The maximum atomic E-state index is 12.8. The minimum atomic E-state index is -0.151. The highest BCUT2D eigenvalue weighted by Gasteiger charge is 2.16. The van der Waals surface area contributed by atoms with Crippen molar-refractivity contribution in [3.8, 4) is 11.3 Å². The van der Waals surface area contributed by atoms with E-state index in [4.69, 9.17) is 4.74 Å². The Morgan fingerprint density at radius 3 is 2.77 bits per heavy atom. The van der Waals surface area contributed by atoms with E-state index in [1.807, 2.05) is 12.1 Å². The quantitative estimate of drug-likeness (QED) is 0.652. The monoisotopic (exact) mass is 408 g/mol. The number of ether oxygens (including phenoxy) is 1. The van der Waals surface area contributed by atoms with E-state index in [1.165, 1.54) is 5.56 Å². The van der Waals surface area contributed by atoms with E-state index >= 15 is 0 Å². The van der Waals surface area contributed by atoms with Gasteiger partial charge in [0, 0.05) is 44.1 Å². The molecule has 0 bridgehead atoms. The smallest absolute Gasteiger partial charge is 0.276 e. The predicted octanol–water partition coefficient (Wildman–Crippen LogP) is 2.97. The Morgan fingerprint density at radius 1 is 1.27 bits per heavy atom. The van der Waals surface area contributed by atoms with Crippen LogP contribution in [0.5, 0.6) is 0 Å². The van der Waals surface area contributed by atoms with Crippen LogP contribution in [0.4, 0.5) is 0 Å². The molecule has 0 saturated carbocycles. The number of aryl methyl sites for hydroxylation is 1. The summed E-state index contributed by atoms with van der Waals surface area (Å²) in [5.74, 6) is 0.395. The number of nitrogens with zero attached hydrogens (tertiary/aromatic N) is 3. The van der Waals surface area contributed by atoms with Crippen LogP contribution in [-0.4, -0.2) is 39.3 Å². The number of carbonyl (C=O) groups is 1. The van der Waals surface area contributed by atoms with Gasteiger partial charge in [-0.2, -0.15) is 5.10 Å². The number of benzene rings is 1. The first-order chi connectivity index (χ1) is 14.5. The second-order valence-electron chi connectivity index (χ2n) is 8.12. The largest absolute Gasteiger partial charge is 0.376 e. The SMILES string of the molecule is CC(C)c1ccc(-c2cc3c(=O)n(CCC(=O)NC[C@@H]4CCCO4)ccn3n2)cc1. The third-order valence-corrected chi connectivity index (χ3v) is 5.61. The lowest BCUT2D eigenvalue weighted by Gasteiger charge is -2.11. The molecular weight excluding hydrogens is 380 g/mol. The fourth-order valence-corrected chi connectivity index (χ4v) is 3.73. The van der Waals surface area contributed by atoms with E-state index in [-0.39, 0.29) is 24.0 Å². The molecule has 0 radical (unpaired) electrons. The Morgan fingerprint density at radius 2 is 2.07 bits per heavy atom. The summed E-state index contributed by atoms with van der Waals surface area (Å²) in [6.45, 7) is 5.95. The fourth-order valence-electron chi connectivity index (χ4n) is 3.73. The number of amides is 1. The molecule has 1 atom stereocenters. The van der Waals surface area contributed by atoms with Crippen molar-refractivity contribution in [2.45, 2.75) is 51.7 Å². The summed E-state index contributed by atoms with van der Waals surface area (Å²) < 4.78 is 8.67. The molecule has 1 fully saturated rings. The van der Waals surface area contributed by atoms with Crippen molar-refractivity contribution in [1.29, 1.82) is 0 Å². The Labute approximate surface area is 175 Å². The van der Waals surface area contributed by atoms with Gasteiger partial charge in [0.25, 0.3) is 5.56 Å². The minimum absolute atomic E-state index is 0.0725. The van der Waals surface area contributed by atoms with Crippen molar-refractivity contribution < 1.29 is 9.53 Å². The van der Waals surface area contributed by atoms with E-state index in [0.717, 1.165) is 30.7 Å². The van der Waals surface area contributed by atoms with Gasteiger partial charge in [0.05, 0.1) is 11.8 Å². The molecule has 1 amide bonds. The van der Waals surface area contributed by atoms with Gasteiger partial charge in [-0.3, -0.25) is 9.59 Å². The molecule has 4 rings (SSSR count). The zero-order valence-electron chi connectivity index (χ0n) is 17.5. The van der Waals surface area contributed by atoms with Gasteiger partial charge in [-0.25, -0.2) is 4.52 Å². The first-order valence-corrected chi connectivity index (χ1v) is 10.6. The van der Waals surface area contributed by atoms with Crippen LogP contribution in [0.2, 0.25) is 0 Å². The van der Waals surface area contributed by atoms with Gasteiger partial charge < -0.3 is 14.6 Å². The lowest BCUT2D eigenvalue weighted by molar-refractivity contribution is -0.121. The number of aromatic nitrogens is 3.